The van der Waals surface area contributed by atoms with E-state index in [-0.39, 0.29) is 6.42 Å². The van der Waals surface area contributed by atoms with Crippen molar-refractivity contribution in [2.45, 2.75) is 19.8 Å². The van der Waals surface area contributed by atoms with Crippen molar-refractivity contribution in [1.82, 2.24) is 14.8 Å². The Kier molecular flexibility index (Phi) is 3.41. The summed E-state index contributed by atoms with van der Waals surface area (Å²) in [6.07, 6.45) is 0.463. The number of aliphatic carboxylic acids is 1. The highest BCUT2D eigenvalue weighted by atomic mass is 16.4. The Morgan fingerprint density at radius 2 is 2.00 bits per heavy atom. The Balaban J connectivity index is 2.22. The number of hydrogen-bond donors (Lipinski definition) is 1. The Morgan fingerprint density at radius 1 is 1.33 bits per heavy atom. The lowest BCUT2D eigenvalue weighted by molar-refractivity contribution is -0.137. The molecule has 0 aliphatic carbocycles. The van der Waals surface area contributed by atoms with Crippen LogP contribution in [-0.2, 0) is 18.3 Å². The molecule has 0 spiro atoms. The van der Waals surface area contributed by atoms with E-state index in [1.165, 1.54) is 5.56 Å². The molecular formula is C13H15N3O2. The van der Waals surface area contributed by atoms with Gasteiger partial charge in [-0.05, 0) is 6.92 Å². The molecule has 0 saturated carbocycles. The first-order valence-corrected chi connectivity index (χ1v) is 5.75. The average molecular weight is 245 g/mol. The number of nitrogens with zero attached hydrogens (tertiary/aromatic N) is 3. The smallest absolute Gasteiger partial charge is 0.303 e. The van der Waals surface area contributed by atoms with Gasteiger partial charge in [0.2, 0.25) is 0 Å². The first-order valence-electron chi connectivity index (χ1n) is 5.75. The van der Waals surface area contributed by atoms with Crippen LogP contribution in [-0.4, -0.2) is 25.8 Å². The summed E-state index contributed by atoms with van der Waals surface area (Å²) in [6, 6.07) is 7.93. The van der Waals surface area contributed by atoms with Gasteiger partial charge in [-0.15, -0.1) is 0 Å². The van der Waals surface area contributed by atoms with Crippen LogP contribution >= 0.6 is 0 Å². The molecule has 94 valence electrons. The molecule has 0 atom stereocenters. The van der Waals surface area contributed by atoms with Crippen molar-refractivity contribution in [2.75, 3.05) is 0 Å². The number of carbonyl (C=O) groups is 1. The zero-order valence-electron chi connectivity index (χ0n) is 10.4. The monoisotopic (exact) mass is 245 g/mol. The molecule has 1 heterocycles. The van der Waals surface area contributed by atoms with E-state index in [1.54, 1.807) is 11.7 Å². The van der Waals surface area contributed by atoms with Gasteiger partial charge in [-0.3, -0.25) is 9.48 Å². The Morgan fingerprint density at radius 3 is 2.61 bits per heavy atom. The number of carboxylic acid groups (broad SMARTS) is 1. The highest BCUT2D eigenvalue weighted by Gasteiger charge is 2.10. The quantitative estimate of drug-likeness (QED) is 0.892. The normalized spacial score (nSPS) is 10.6. The van der Waals surface area contributed by atoms with E-state index in [0.29, 0.717) is 18.1 Å². The van der Waals surface area contributed by atoms with Crippen LogP contribution in [0.5, 0.6) is 0 Å². The fourth-order valence-corrected chi connectivity index (χ4v) is 1.68. The number of hydrogen-bond acceptors (Lipinski definition) is 3. The van der Waals surface area contributed by atoms with Crippen molar-refractivity contribution < 1.29 is 9.90 Å². The number of carboxylic acids is 1. The van der Waals surface area contributed by atoms with Crippen LogP contribution in [0.4, 0.5) is 0 Å². The number of benzene rings is 1. The molecule has 0 amide bonds. The minimum atomic E-state index is -0.824. The standard InChI is InChI=1S/C13H15N3O2/c1-9-3-5-10(6-4-9)13-14-11(16(2)15-13)7-8-12(17)18/h3-6H,7-8H2,1-2H3,(H,17,18). The van der Waals surface area contributed by atoms with E-state index in [4.69, 9.17) is 5.11 Å². The summed E-state index contributed by atoms with van der Waals surface area (Å²) < 4.78 is 1.64. The summed E-state index contributed by atoms with van der Waals surface area (Å²) in [4.78, 5) is 14.9. The maximum atomic E-state index is 10.5. The van der Waals surface area contributed by atoms with Crippen molar-refractivity contribution in [2.24, 2.45) is 7.05 Å². The van der Waals surface area contributed by atoms with Crippen LogP contribution in [0.1, 0.15) is 17.8 Å². The van der Waals surface area contributed by atoms with Gasteiger partial charge in [0.1, 0.15) is 5.82 Å². The largest absolute Gasteiger partial charge is 0.481 e. The Hall–Kier alpha value is -2.17. The highest BCUT2D eigenvalue weighted by molar-refractivity contribution is 5.67. The molecular weight excluding hydrogens is 230 g/mol. The van der Waals surface area contributed by atoms with Crippen LogP contribution in [0.2, 0.25) is 0 Å². The summed E-state index contributed by atoms with van der Waals surface area (Å²) in [5.74, 6) is 0.501. The SMILES string of the molecule is Cc1ccc(-c2nc(CCC(=O)O)n(C)n2)cc1. The van der Waals surface area contributed by atoms with E-state index in [0.717, 1.165) is 5.56 Å². The summed E-state index contributed by atoms with van der Waals surface area (Å²) >= 11 is 0. The Labute approximate surface area is 105 Å². The van der Waals surface area contributed by atoms with Gasteiger partial charge < -0.3 is 5.11 Å². The van der Waals surface area contributed by atoms with Crippen molar-refractivity contribution in [3.8, 4) is 11.4 Å². The summed E-state index contributed by atoms with van der Waals surface area (Å²) in [6.45, 7) is 2.02. The van der Waals surface area contributed by atoms with Gasteiger partial charge in [0.15, 0.2) is 5.82 Å². The molecule has 5 heteroatoms. The molecule has 18 heavy (non-hydrogen) atoms. The lowest BCUT2D eigenvalue weighted by Crippen LogP contribution is -2.03. The van der Waals surface area contributed by atoms with Crippen LogP contribution in [0, 0.1) is 6.92 Å². The molecule has 2 aromatic rings. The summed E-state index contributed by atoms with van der Waals surface area (Å²) in [5, 5.41) is 13.0. The third-order valence-electron chi connectivity index (χ3n) is 2.73. The zero-order chi connectivity index (χ0) is 13.1. The number of aryl methyl sites for hydroxylation is 3. The molecule has 0 radical (unpaired) electrons. The molecule has 0 saturated heterocycles. The van der Waals surface area contributed by atoms with Crippen molar-refractivity contribution in [1.29, 1.82) is 0 Å². The molecule has 0 fully saturated rings. The molecule has 0 aliphatic rings. The average Bonchev–Trinajstić information content (AvgIpc) is 2.69. The third-order valence-corrected chi connectivity index (χ3v) is 2.73. The van der Waals surface area contributed by atoms with E-state index in [2.05, 4.69) is 10.1 Å². The van der Waals surface area contributed by atoms with Crippen LogP contribution in [0.15, 0.2) is 24.3 Å². The van der Waals surface area contributed by atoms with Gasteiger partial charge >= 0.3 is 5.97 Å². The Bertz CT molecular complexity index is 558. The van der Waals surface area contributed by atoms with E-state index in [9.17, 15) is 4.79 Å². The van der Waals surface area contributed by atoms with Gasteiger partial charge in [-0.2, -0.15) is 5.10 Å². The van der Waals surface area contributed by atoms with Gasteiger partial charge in [-0.25, -0.2) is 4.98 Å². The molecule has 5 nitrogen and oxygen atoms in total. The molecule has 1 aromatic carbocycles. The predicted molar refractivity (Wildman–Crippen MR) is 67.1 cm³/mol. The second-order valence-electron chi connectivity index (χ2n) is 4.24. The first kappa shape index (κ1) is 12.3. The maximum absolute atomic E-state index is 10.5. The lowest BCUT2D eigenvalue weighted by Gasteiger charge is -1.95. The second kappa shape index (κ2) is 5.00. The van der Waals surface area contributed by atoms with Crippen molar-refractivity contribution in [3.05, 3.63) is 35.7 Å². The molecule has 0 aliphatic heterocycles. The third kappa shape index (κ3) is 2.74. The fourth-order valence-electron chi connectivity index (χ4n) is 1.68. The molecule has 1 N–H and O–H groups in total. The number of rotatable bonds is 4. The van der Waals surface area contributed by atoms with Gasteiger partial charge in [0.05, 0.1) is 6.42 Å². The van der Waals surface area contributed by atoms with Crippen molar-refractivity contribution >= 4 is 5.97 Å². The van der Waals surface area contributed by atoms with Crippen molar-refractivity contribution in [3.63, 3.8) is 0 Å². The van der Waals surface area contributed by atoms with Gasteiger partial charge in [0.25, 0.3) is 0 Å². The van der Waals surface area contributed by atoms with E-state index >= 15 is 0 Å². The minimum Gasteiger partial charge on any atom is -0.481 e. The highest BCUT2D eigenvalue weighted by Crippen LogP contribution is 2.16. The van der Waals surface area contributed by atoms with Crippen LogP contribution in [0.25, 0.3) is 11.4 Å². The second-order valence-corrected chi connectivity index (χ2v) is 4.24. The zero-order valence-corrected chi connectivity index (χ0v) is 10.4. The lowest BCUT2D eigenvalue weighted by atomic mass is 10.1. The van der Waals surface area contributed by atoms with E-state index in [1.807, 2.05) is 31.2 Å². The van der Waals surface area contributed by atoms with Gasteiger partial charge in [-0.1, -0.05) is 29.8 Å². The topological polar surface area (TPSA) is 68.0 Å². The fraction of sp³-hybridized carbons (Fsp3) is 0.308. The van der Waals surface area contributed by atoms with Gasteiger partial charge in [0, 0.05) is 19.0 Å². The molecule has 0 unspecified atom stereocenters. The van der Waals surface area contributed by atoms with Crippen LogP contribution in [0.3, 0.4) is 0 Å². The molecule has 2 rings (SSSR count). The van der Waals surface area contributed by atoms with Crippen LogP contribution < -0.4 is 0 Å². The first-order chi connectivity index (χ1) is 8.56. The summed E-state index contributed by atoms with van der Waals surface area (Å²) in [5.41, 5.74) is 2.12. The maximum Gasteiger partial charge on any atom is 0.303 e. The number of aromatic nitrogens is 3. The van der Waals surface area contributed by atoms with E-state index < -0.39 is 5.97 Å². The molecule has 0 bridgehead atoms. The molecule has 1 aromatic heterocycles. The summed E-state index contributed by atoms with van der Waals surface area (Å²) in [7, 11) is 1.78. The predicted octanol–water partition coefficient (Wildman–Crippen LogP) is 1.81. The minimum absolute atomic E-state index is 0.0693.